The minimum Gasteiger partial charge on any atom is -0.427 e. The van der Waals surface area contributed by atoms with Crippen molar-refractivity contribution in [1.82, 2.24) is 0 Å². The van der Waals surface area contributed by atoms with E-state index in [1.54, 1.807) is 0 Å². The van der Waals surface area contributed by atoms with Gasteiger partial charge in [-0.2, -0.15) is 17.6 Å². The highest BCUT2D eigenvalue weighted by atomic mass is 79.9. The number of amides is 1. The van der Waals surface area contributed by atoms with Gasteiger partial charge in [0.1, 0.15) is 11.6 Å². The summed E-state index contributed by atoms with van der Waals surface area (Å²) in [5.41, 5.74) is -0.284. The summed E-state index contributed by atoms with van der Waals surface area (Å²) < 4.78 is 67.6. The Balaban J connectivity index is 2.93. The van der Waals surface area contributed by atoms with Crippen molar-refractivity contribution in [2.24, 2.45) is 0 Å². The van der Waals surface area contributed by atoms with E-state index in [9.17, 15) is 26.7 Å². The van der Waals surface area contributed by atoms with Crippen molar-refractivity contribution in [2.45, 2.75) is 17.9 Å². The normalized spacial score (nSPS) is 12.2. The number of alkyl halides is 5. The van der Waals surface area contributed by atoms with Crippen LogP contribution in [-0.2, 0) is 4.79 Å². The van der Waals surface area contributed by atoms with Crippen molar-refractivity contribution >= 4 is 27.5 Å². The molecule has 0 spiro atoms. The van der Waals surface area contributed by atoms with E-state index in [1.807, 2.05) is 0 Å². The van der Waals surface area contributed by atoms with Gasteiger partial charge in [-0.25, -0.2) is 4.39 Å². The van der Waals surface area contributed by atoms with Gasteiger partial charge < -0.3 is 10.1 Å². The lowest BCUT2D eigenvalue weighted by Crippen LogP contribution is -2.40. The Kier molecular flexibility index (Phi) is 4.39. The number of ether oxygens (including phenoxy) is 1. The van der Waals surface area contributed by atoms with Gasteiger partial charge in [0.2, 0.25) is 5.91 Å². The summed E-state index contributed by atoms with van der Waals surface area (Å²) in [6.45, 7) is 1.11. The van der Waals surface area contributed by atoms with Crippen molar-refractivity contribution in [3.8, 4) is 5.75 Å². The van der Waals surface area contributed by atoms with Gasteiger partial charge in [0, 0.05) is 28.9 Å². The van der Waals surface area contributed by atoms with E-state index in [1.165, 1.54) is 15.9 Å². The molecular formula is C10H7BrF5NO2. The number of halogens is 6. The molecule has 0 bridgehead atoms. The highest BCUT2D eigenvalue weighted by molar-refractivity contribution is 9.10. The number of anilines is 1. The first kappa shape index (κ1) is 15.7. The SMILES string of the molecule is CC(=O)Nc1ccc(OC(F)(F)C(F)(F)Br)cc1F. The summed E-state index contributed by atoms with van der Waals surface area (Å²) in [7, 11) is 0. The summed E-state index contributed by atoms with van der Waals surface area (Å²) in [6, 6.07) is 2.19. The van der Waals surface area contributed by atoms with E-state index in [0.717, 1.165) is 19.1 Å². The summed E-state index contributed by atoms with van der Waals surface area (Å²) >= 11 is 1.46. The summed E-state index contributed by atoms with van der Waals surface area (Å²) in [6.07, 6.45) is -4.85. The summed E-state index contributed by atoms with van der Waals surface area (Å²) in [5, 5.41) is 2.08. The Labute approximate surface area is 112 Å². The van der Waals surface area contributed by atoms with Crippen molar-refractivity contribution in [1.29, 1.82) is 0 Å². The molecule has 0 unspecified atom stereocenters. The third-order valence-corrected chi connectivity index (χ3v) is 2.29. The highest BCUT2D eigenvalue weighted by Gasteiger charge is 2.57. The molecular weight excluding hydrogens is 341 g/mol. The van der Waals surface area contributed by atoms with Gasteiger partial charge in [-0.05, 0) is 12.1 Å². The molecule has 9 heteroatoms. The minimum atomic E-state index is -4.85. The van der Waals surface area contributed by atoms with Crippen LogP contribution in [0.25, 0.3) is 0 Å². The fourth-order valence-electron chi connectivity index (χ4n) is 1.06. The molecule has 1 amide bonds. The molecule has 0 aliphatic rings. The lowest BCUT2D eigenvalue weighted by atomic mass is 10.3. The Morgan fingerprint density at radius 2 is 1.89 bits per heavy atom. The topological polar surface area (TPSA) is 38.3 Å². The van der Waals surface area contributed by atoms with Crippen LogP contribution in [0.4, 0.5) is 27.6 Å². The first-order valence-corrected chi connectivity index (χ1v) is 5.53. The predicted octanol–water partition coefficient (Wildman–Crippen LogP) is 3.74. The zero-order chi connectivity index (χ0) is 14.8. The Bertz CT molecular complexity index is 489. The van der Waals surface area contributed by atoms with Gasteiger partial charge in [0.15, 0.2) is 0 Å². The standard InChI is InChI=1S/C10H7BrF5NO2/c1-5(18)17-8-3-2-6(4-7(8)12)19-10(15,16)9(11,13)14/h2-4H,1H3,(H,17,18). The smallest absolute Gasteiger partial charge is 0.427 e. The molecule has 0 radical (unpaired) electrons. The van der Waals surface area contributed by atoms with Crippen LogP contribution < -0.4 is 10.1 Å². The van der Waals surface area contributed by atoms with Gasteiger partial charge in [0.25, 0.3) is 0 Å². The number of carbonyl (C=O) groups excluding carboxylic acids is 1. The van der Waals surface area contributed by atoms with Gasteiger partial charge >= 0.3 is 10.9 Å². The molecule has 0 atom stereocenters. The average Bonchev–Trinajstić information content (AvgIpc) is 2.19. The Morgan fingerprint density at radius 3 is 2.32 bits per heavy atom. The Morgan fingerprint density at radius 1 is 1.32 bits per heavy atom. The second-order valence-electron chi connectivity index (χ2n) is 3.44. The maximum Gasteiger partial charge on any atom is 0.475 e. The maximum absolute atomic E-state index is 13.3. The van der Waals surface area contributed by atoms with Crippen LogP contribution >= 0.6 is 15.9 Å². The predicted molar refractivity (Wildman–Crippen MR) is 60.2 cm³/mol. The van der Waals surface area contributed by atoms with Crippen molar-refractivity contribution < 1.29 is 31.5 Å². The number of hydrogen-bond acceptors (Lipinski definition) is 2. The minimum absolute atomic E-state index is 0.284. The van der Waals surface area contributed by atoms with Crippen LogP contribution in [0.1, 0.15) is 6.92 Å². The zero-order valence-corrected chi connectivity index (χ0v) is 10.9. The summed E-state index contributed by atoms with van der Waals surface area (Å²) in [4.78, 5) is 6.07. The number of rotatable bonds is 4. The molecule has 3 nitrogen and oxygen atoms in total. The third kappa shape index (κ3) is 4.05. The first-order chi connectivity index (χ1) is 8.53. The first-order valence-electron chi connectivity index (χ1n) is 4.73. The molecule has 1 rings (SSSR count). The van der Waals surface area contributed by atoms with Crippen LogP contribution in [-0.4, -0.2) is 16.8 Å². The molecule has 0 saturated carbocycles. The van der Waals surface area contributed by atoms with E-state index >= 15 is 0 Å². The maximum atomic E-state index is 13.3. The number of hydrogen-bond donors (Lipinski definition) is 1. The van der Waals surface area contributed by atoms with E-state index in [2.05, 4.69) is 10.1 Å². The molecule has 1 aromatic rings. The largest absolute Gasteiger partial charge is 0.475 e. The third-order valence-electron chi connectivity index (χ3n) is 1.83. The highest BCUT2D eigenvalue weighted by Crippen LogP contribution is 2.41. The second-order valence-corrected chi connectivity index (χ2v) is 4.44. The van der Waals surface area contributed by atoms with Crippen molar-refractivity contribution in [3.63, 3.8) is 0 Å². The molecule has 0 aliphatic heterocycles. The molecule has 1 N–H and O–H groups in total. The van der Waals surface area contributed by atoms with Crippen LogP contribution in [0.3, 0.4) is 0 Å². The molecule has 106 valence electrons. The molecule has 0 aliphatic carbocycles. The fraction of sp³-hybridized carbons (Fsp3) is 0.300. The van der Waals surface area contributed by atoms with Gasteiger partial charge in [-0.15, -0.1) is 0 Å². The van der Waals surface area contributed by atoms with E-state index in [0.29, 0.717) is 6.07 Å². The quantitative estimate of drug-likeness (QED) is 0.665. The van der Waals surface area contributed by atoms with E-state index in [-0.39, 0.29) is 5.69 Å². The van der Waals surface area contributed by atoms with Crippen LogP contribution in [0.2, 0.25) is 0 Å². The lowest BCUT2D eigenvalue weighted by molar-refractivity contribution is -0.266. The molecule has 1 aromatic carbocycles. The van der Waals surface area contributed by atoms with E-state index < -0.39 is 28.4 Å². The van der Waals surface area contributed by atoms with E-state index in [4.69, 9.17) is 0 Å². The zero-order valence-electron chi connectivity index (χ0n) is 9.32. The second kappa shape index (κ2) is 5.32. The molecule has 19 heavy (non-hydrogen) atoms. The number of nitrogens with one attached hydrogen (secondary N) is 1. The number of carbonyl (C=O) groups is 1. The molecule has 0 aromatic heterocycles. The van der Waals surface area contributed by atoms with Crippen LogP contribution in [0.15, 0.2) is 18.2 Å². The molecule has 0 heterocycles. The monoisotopic (exact) mass is 347 g/mol. The summed E-state index contributed by atoms with van der Waals surface area (Å²) in [5.74, 6) is -2.48. The van der Waals surface area contributed by atoms with Crippen LogP contribution in [0, 0.1) is 5.82 Å². The van der Waals surface area contributed by atoms with Gasteiger partial charge in [-0.1, -0.05) is 0 Å². The van der Waals surface area contributed by atoms with Crippen LogP contribution in [0.5, 0.6) is 5.75 Å². The molecule has 0 fully saturated rings. The lowest BCUT2D eigenvalue weighted by Gasteiger charge is -2.22. The molecule has 0 saturated heterocycles. The Hall–Kier alpha value is -1.38. The fourth-order valence-corrected chi connectivity index (χ4v) is 1.14. The van der Waals surface area contributed by atoms with Gasteiger partial charge in [-0.3, -0.25) is 4.79 Å². The van der Waals surface area contributed by atoms with Crippen molar-refractivity contribution in [2.75, 3.05) is 5.32 Å². The number of benzene rings is 1. The average molecular weight is 348 g/mol. The van der Waals surface area contributed by atoms with Gasteiger partial charge in [0.05, 0.1) is 5.69 Å². The van der Waals surface area contributed by atoms with Crippen molar-refractivity contribution in [3.05, 3.63) is 24.0 Å².